The van der Waals surface area contributed by atoms with Crippen LogP contribution in [0.2, 0.25) is 0 Å². The molecule has 2 bridgehead atoms. The summed E-state index contributed by atoms with van der Waals surface area (Å²) >= 11 is 3.44. The van der Waals surface area contributed by atoms with E-state index < -0.39 is 17.3 Å². The van der Waals surface area contributed by atoms with Crippen molar-refractivity contribution in [2.24, 2.45) is 11.8 Å². The second kappa shape index (κ2) is 7.99. The molecule has 8 nitrogen and oxygen atoms in total. The Balaban J connectivity index is 1.45. The van der Waals surface area contributed by atoms with Gasteiger partial charge in [-0.25, -0.2) is 19.0 Å². The normalized spacial score (nSPS) is 22.1. The smallest absolute Gasteiger partial charge is 0.275 e. The molecule has 10 heteroatoms. The van der Waals surface area contributed by atoms with Crippen molar-refractivity contribution in [3.8, 4) is 5.88 Å². The molecule has 0 aliphatic heterocycles. The number of ether oxygens (including phenoxy) is 1. The van der Waals surface area contributed by atoms with Crippen LogP contribution in [0.25, 0.3) is 10.8 Å². The molecule has 2 saturated carbocycles. The number of carbonyl (C=O) groups is 1. The summed E-state index contributed by atoms with van der Waals surface area (Å²) in [6.07, 6.45) is 6.52. The Labute approximate surface area is 185 Å². The average molecular weight is 488 g/mol. The highest BCUT2D eigenvalue weighted by atomic mass is 79.9. The Morgan fingerprint density at radius 1 is 1.23 bits per heavy atom. The van der Waals surface area contributed by atoms with Gasteiger partial charge in [0.1, 0.15) is 12.6 Å². The molecule has 2 aromatic heterocycles. The molecule has 0 saturated heterocycles. The van der Waals surface area contributed by atoms with Crippen LogP contribution >= 0.6 is 15.9 Å². The molecule has 2 heterocycles. The molecule has 0 spiro atoms. The van der Waals surface area contributed by atoms with Crippen molar-refractivity contribution in [1.29, 1.82) is 0 Å². The van der Waals surface area contributed by atoms with Gasteiger partial charge in [0.15, 0.2) is 5.82 Å². The Kier molecular flexibility index (Phi) is 5.17. The number of carbonyl (C=O) groups excluding carboxylic acids is 1. The van der Waals surface area contributed by atoms with Crippen LogP contribution in [0.5, 0.6) is 5.88 Å². The Bertz CT molecular complexity index is 1220. The molecule has 5 rings (SSSR count). The lowest BCUT2D eigenvalue weighted by Gasteiger charge is -2.23. The third-order valence-corrected chi connectivity index (χ3v) is 6.48. The van der Waals surface area contributed by atoms with E-state index in [2.05, 4.69) is 36.3 Å². The summed E-state index contributed by atoms with van der Waals surface area (Å²) in [6, 6.07) is 5.26. The van der Waals surface area contributed by atoms with Gasteiger partial charge in [-0.05, 0) is 55.7 Å². The first-order valence-electron chi connectivity index (χ1n) is 10.1. The monoisotopic (exact) mass is 487 g/mol. The minimum Gasteiger partial charge on any atom is -0.473 e. The van der Waals surface area contributed by atoms with E-state index >= 15 is 0 Å². The highest BCUT2D eigenvalue weighted by Crippen LogP contribution is 2.46. The summed E-state index contributed by atoms with van der Waals surface area (Å²) in [7, 11) is 0. The van der Waals surface area contributed by atoms with Crippen LogP contribution in [0.1, 0.15) is 25.7 Å². The molecule has 3 aromatic rings. The molecule has 1 aromatic carbocycles. The van der Waals surface area contributed by atoms with E-state index in [1.807, 2.05) is 6.07 Å². The Morgan fingerprint density at radius 3 is 2.74 bits per heavy atom. The fraction of sp³-hybridized carbons (Fsp3) is 0.381. The number of hydrogen-bond acceptors (Lipinski definition) is 6. The lowest BCUT2D eigenvalue weighted by molar-refractivity contribution is -0.117. The van der Waals surface area contributed by atoms with Gasteiger partial charge in [-0.3, -0.25) is 14.9 Å². The largest absolute Gasteiger partial charge is 0.473 e. The molecule has 0 radical (unpaired) electrons. The lowest BCUT2D eigenvalue weighted by Crippen LogP contribution is -2.32. The number of aromatic nitrogens is 4. The number of nitrogens with one attached hydrogen (secondary N) is 1. The average Bonchev–Trinajstić information content (AvgIpc) is 3.36. The van der Waals surface area contributed by atoms with Crippen molar-refractivity contribution >= 4 is 38.6 Å². The maximum atomic E-state index is 13.0. The van der Waals surface area contributed by atoms with Crippen LogP contribution in [0.4, 0.5) is 10.3 Å². The topological polar surface area (TPSA) is 99.0 Å². The summed E-state index contributed by atoms with van der Waals surface area (Å²) in [5.41, 5.74) is -0.405. The van der Waals surface area contributed by atoms with E-state index in [4.69, 9.17) is 4.74 Å². The predicted octanol–water partition coefficient (Wildman–Crippen LogP) is 3.29. The fourth-order valence-corrected chi connectivity index (χ4v) is 4.93. The standard InChI is InChI=1S/C21H19BrFN5O3/c22-13-3-4-15-16(7-13)19(31-17-6-11-1-2-12(17)5-11)27-28(20(15)30)10-18(29)26-21-24-8-14(23)9-25-21/h3-4,7-9,11-12,17H,1-2,5-6,10H2,(H,24,25,26,29)/t11-,12+,17-/m1/s1. The first kappa shape index (κ1) is 20.0. The third-order valence-electron chi connectivity index (χ3n) is 5.99. The molecule has 1 N–H and O–H groups in total. The number of anilines is 1. The fourth-order valence-electron chi connectivity index (χ4n) is 4.57. The molecular weight excluding hydrogens is 469 g/mol. The van der Waals surface area contributed by atoms with Crippen LogP contribution < -0.4 is 15.6 Å². The van der Waals surface area contributed by atoms with Gasteiger partial charge in [0.05, 0.1) is 23.2 Å². The van der Waals surface area contributed by atoms with E-state index in [1.54, 1.807) is 12.1 Å². The van der Waals surface area contributed by atoms with Gasteiger partial charge >= 0.3 is 0 Å². The minimum absolute atomic E-state index is 0.0531. The summed E-state index contributed by atoms with van der Waals surface area (Å²) in [6.45, 7) is -0.349. The van der Waals surface area contributed by atoms with Crippen LogP contribution in [-0.2, 0) is 11.3 Å². The van der Waals surface area contributed by atoms with E-state index in [-0.39, 0.29) is 18.6 Å². The number of halogens is 2. The molecular formula is C21H19BrFN5O3. The SMILES string of the molecule is O=C(Cn1nc(O[C@@H]2C[C@@H]3CC[C@H]2C3)c2cc(Br)ccc2c1=O)Nc1ncc(F)cn1. The Hall–Kier alpha value is -2.88. The van der Waals surface area contributed by atoms with Crippen molar-refractivity contribution in [3.63, 3.8) is 0 Å². The first-order valence-corrected chi connectivity index (χ1v) is 10.9. The zero-order valence-corrected chi connectivity index (χ0v) is 18.0. The van der Waals surface area contributed by atoms with E-state index in [0.717, 1.165) is 34.4 Å². The minimum atomic E-state index is -0.612. The van der Waals surface area contributed by atoms with Gasteiger partial charge in [0, 0.05) is 4.47 Å². The molecule has 3 atom stereocenters. The summed E-state index contributed by atoms with van der Waals surface area (Å²) in [4.78, 5) is 32.8. The number of fused-ring (bicyclic) bond motifs is 3. The number of benzene rings is 1. The van der Waals surface area contributed by atoms with Crippen molar-refractivity contribution in [1.82, 2.24) is 19.7 Å². The number of nitrogens with zero attached hydrogens (tertiary/aromatic N) is 4. The highest BCUT2D eigenvalue weighted by molar-refractivity contribution is 9.10. The predicted molar refractivity (Wildman–Crippen MR) is 114 cm³/mol. The summed E-state index contributed by atoms with van der Waals surface area (Å²) in [5.74, 6) is 0.332. The quantitative estimate of drug-likeness (QED) is 0.592. The molecule has 0 unspecified atom stereocenters. The van der Waals surface area contributed by atoms with Crippen LogP contribution in [-0.4, -0.2) is 31.8 Å². The first-order chi connectivity index (χ1) is 15.0. The number of hydrogen-bond donors (Lipinski definition) is 1. The van der Waals surface area contributed by atoms with Gasteiger partial charge in [0.2, 0.25) is 17.7 Å². The number of amides is 1. The van der Waals surface area contributed by atoms with Gasteiger partial charge in [-0.1, -0.05) is 15.9 Å². The molecule has 160 valence electrons. The molecule has 2 aliphatic rings. The van der Waals surface area contributed by atoms with E-state index in [0.29, 0.717) is 28.5 Å². The van der Waals surface area contributed by atoms with Crippen molar-refractivity contribution in [2.75, 3.05) is 5.32 Å². The van der Waals surface area contributed by atoms with Gasteiger partial charge in [-0.15, -0.1) is 5.10 Å². The number of rotatable bonds is 5. The summed E-state index contributed by atoms with van der Waals surface area (Å²) < 4.78 is 21.1. The molecule has 2 aliphatic carbocycles. The zero-order chi connectivity index (χ0) is 21.5. The Morgan fingerprint density at radius 2 is 2.03 bits per heavy atom. The van der Waals surface area contributed by atoms with Crippen molar-refractivity contribution < 1.29 is 13.9 Å². The van der Waals surface area contributed by atoms with Crippen LogP contribution in [0.3, 0.4) is 0 Å². The van der Waals surface area contributed by atoms with Crippen molar-refractivity contribution in [2.45, 2.75) is 38.3 Å². The van der Waals surface area contributed by atoms with Gasteiger partial charge in [-0.2, -0.15) is 0 Å². The van der Waals surface area contributed by atoms with Gasteiger partial charge in [0.25, 0.3) is 5.56 Å². The highest BCUT2D eigenvalue weighted by Gasteiger charge is 2.41. The third kappa shape index (κ3) is 4.04. The van der Waals surface area contributed by atoms with Crippen LogP contribution in [0, 0.1) is 17.7 Å². The van der Waals surface area contributed by atoms with Crippen molar-refractivity contribution in [3.05, 3.63) is 51.2 Å². The second-order valence-electron chi connectivity index (χ2n) is 8.06. The molecule has 31 heavy (non-hydrogen) atoms. The van der Waals surface area contributed by atoms with E-state index in [9.17, 15) is 14.0 Å². The van der Waals surface area contributed by atoms with Gasteiger partial charge < -0.3 is 4.74 Å². The molecule has 2 fully saturated rings. The summed E-state index contributed by atoms with van der Waals surface area (Å²) in [5, 5.41) is 7.85. The molecule has 1 amide bonds. The van der Waals surface area contributed by atoms with E-state index in [1.165, 1.54) is 12.8 Å². The maximum absolute atomic E-state index is 13.0. The maximum Gasteiger partial charge on any atom is 0.275 e. The zero-order valence-electron chi connectivity index (χ0n) is 16.4. The lowest BCUT2D eigenvalue weighted by atomic mass is 9.98. The second-order valence-corrected chi connectivity index (χ2v) is 8.98. The van der Waals surface area contributed by atoms with Crippen LogP contribution in [0.15, 0.2) is 39.9 Å².